The third-order valence-electron chi connectivity index (χ3n) is 4.37. The lowest BCUT2D eigenvalue weighted by Crippen LogP contribution is -2.29. The first kappa shape index (κ1) is 13.9. The first-order valence-electron chi connectivity index (χ1n) is 7.70. The van der Waals surface area contributed by atoms with Gasteiger partial charge in [0.15, 0.2) is 0 Å². The van der Waals surface area contributed by atoms with Crippen molar-refractivity contribution in [3.05, 3.63) is 29.3 Å². The van der Waals surface area contributed by atoms with Crippen LogP contribution >= 0.6 is 0 Å². The summed E-state index contributed by atoms with van der Waals surface area (Å²) in [4.78, 5) is 0. The molecular weight excluding hydrogens is 252 g/mol. The highest BCUT2D eigenvalue weighted by Gasteiger charge is 2.19. The highest BCUT2D eigenvalue weighted by molar-refractivity contribution is 5.40. The molecule has 3 N–H and O–H groups in total. The molecule has 1 fully saturated rings. The fourth-order valence-corrected chi connectivity index (χ4v) is 3.16. The molecule has 4 nitrogen and oxygen atoms in total. The number of hydrazine groups is 1. The van der Waals surface area contributed by atoms with Crippen LogP contribution in [0.2, 0.25) is 0 Å². The first-order chi connectivity index (χ1) is 9.86. The largest absolute Gasteiger partial charge is 0.493 e. The third kappa shape index (κ3) is 3.14. The Morgan fingerprint density at radius 2 is 2.25 bits per heavy atom. The van der Waals surface area contributed by atoms with Gasteiger partial charge >= 0.3 is 0 Å². The Bertz CT molecular complexity index is 444. The minimum absolute atomic E-state index is 0.200. The second kappa shape index (κ2) is 6.57. The molecule has 2 atom stereocenters. The molecule has 0 spiro atoms. The summed E-state index contributed by atoms with van der Waals surface area (Å²) < 4.78 is 11.3. The fourth-order valence-electron chi connectivity index (χ4n) is 3.16. The van der Waals surface area contributed by atoms with E-state index < -0.39 is 0 Å². The minimum Gasteiger partial charge on any atom is -0.493 e. The summed E-state index contributed by atoms with van der Waals surface area (Å²) in [5.74, 6) is 6.77. The van der Waals surface area contributed by atoms with Gasteiger partial charge < -0.3 is 9.47 Å². The highest BCUT2D eigenvalue weighted by atomic mass is 16.5. The van der Waals surface area contributed by atoms with Crippen LogP contribution in [0, 0.1) is 0 Å². The van der Waals surface area contributed by atoms with Gasteiger partial charge in [-0.25, -0.2) is 0 Å². The molecule has 0 radical (unpaired) electrons. The molecule has 0 aromatic heterocycles. The van der Waals surface area contributed by atoms with Gasteiger partial charge in [-0.05, 0) is 49.3 Å². The van der Waals surface area contributed by atoms with Gasteiger partial charge in [-0.2, -0.15) is 0 Å². The van der Waals surface area contributed by atoms with Crippen molar-refractivity contribution >= 4 is 0 Å². The molecule has 0 amide bonds. The average Bonchev–Trinajstić information content (AvgIpc) is 2.96. The van der Waals surface area contributed by atoms with Gasteiger partial charge in [0.25, 0.3) is 0 Å². The lowest BCUT2D eigenvalue weighted by Gasteiger charge is -2.25. The van der Waals surface area contributed by atoms with Crippen LogP contribution in [0.1, 0.15) is 49.3 Å². The van der Waals surface area contributed by atoms with Gasteiger partial charge in [-0.3, -0.25) is 11.3 Å². The van der Waals surface area contributed by atoms with Crippen molar-refractivity contribution in [3.8, 4) is 5.75 Å². The number of benzene rings is 1. The van der Waals surface area contributed by atoms with Gasteiger partial charge in [0.1, 0.15) is 5.75 Å². The van der Waals surface area contributed by atoms with Crippen molar-refractivity contribution < 1.29 is 9.47 Å². The number of hydrogen-bond acceptors (Lipinski definition) is 4. The molecule has 0 aliphatic carbocycles. The second-order valence-electron chi connectivity index (χ2n) is 5.75. The zero-order chi connectivity index (χ0) is 13.8. The molecule has 1 aromatic carbocycles. The molecule has 0 saturated carbocycles. The molecule has 2 heterocycles. The standard InChI is InChI=1S/C16H24N2O2/c17-18-15(6-5-14-3-1-2-9-19-14)12-4-7-16-13(11-12)8-10-20-16/h4,7,11,14-15,18H,1-3,5-6,8-10,17H2. The summed E-state index contributed by atoms with van der Waals surface area (Å²) >= 11 is 0. The number of nitrogens with one attached hydrogen (secondary N) is 1. The predicted octanol–water partition coefficient (Wildman–Crippen LogP) is 2.48. The zero-order valence-corrected chi connectivity index (χ0v) is 11.9. The lowest BCUT2D eigenvalue weighted by atomic mass is 9.96. The zero-order valence-electron chi connectivity index (χ0n) is 11.9. The Hall–Kier alpha value is -1.10. The number of hydrogen-bond donors (Lipinski definition) is 2. The van der Waals surface area contributed by atoms with Gasteiger partial charge in [0, 0.05) is 19.1 Å². The Morgan fingerprint density at radius 1 is 1.30 bits per heavy atom. The molecule has 0 bridgehead atoms. The molecule has 2 unspecified atom stereocenters. The number of fused-ring (bicyclic) bond motifs is 1. The van der Waals surface area contributed by atoms with E-state index in [-0.39, 0.29) is 6.04 Å². The van der Waals surface area contributed by atoms with E-state index in [1.54, 1.807) is 0 Å². The normalized spacial score (nSPS) is 23.1. The summed E-state index contributed by atoms with van der Waals surface area (Å²) in [5, 5.41) is 0. The van der Waals surface area contributed by atoms with Crippen LogP contribution in [0.4, 0.5) is 0 Å². The summed E-state index contributed by atoms with van der Waals surface area (Å²) in [6.07, 6.45) is 7.20. The molecule has 1 aromatic rings. The van der Waals surface area contributed by atoms with Crippen molar-refractivity contribution in [1.29, 1.82) is 0 Å². The van der Waals surface area contributed by atoms with E-state index >= 15 is 0 Å². The van der Waals surface area contributed by atoms with Crippen molar-refractivity contribution in [3.63, 3.8) is 0 Å². The lowest BCUT2D eigenvalue weighted by molar-refractivity contribution is 0.00854. The van der Waals surface area contributed by atoms with Crippen LogP contribution in [-0.4, -0.2) is 19.3 Å². The van der Waals surface area contributed by atoms with Crippen molar-refractivity contribution in [1.82, 2.24) is 5.43 Å². The SMILES string of the molecule is NNC(CCC1CCCCO1)c1ccc2c(c1)CCO2. The van der Waals surface area contributed by atoms with Crippen LogP contribution in [0.15, 0.2) is 18.2 Å². The second-order valence-corrected chi connectivity index (χ2v) is 5.75. The topological polar surface area (TPSA) is 56.5 Å². The molecule has 110 valence electrons. The maximum Gasteiger partial charge on any atom is 0.122 e. The van der Waals surface area contributed by atoms with Gasteiger partial charge in [0.2, 0.25) is 0 Å². The molecule has 2 aliphatic rings. The van der Waals surface area contributed by atoms with Crippen LogP contribution in [0.5, 0.6) is 5.75 Å². The highest BCUT2D eigenvalue weighted by Crippen LogP contribution is 2.30. The Morgan fingerprint density at radius 3 is 3.05 bits per heavy atom. The van der Waals surface area contributed by atoms with E-state index in [2.05, 4.69) is 23.6 Å². The van der Waals surface area contributed by atoms with Crippen LogP contribution in [0.3, 0.4) is 0 Å². The van der Waals surface area contributed by atoms with Crippen molar-refractivity contribution in [2.45, 2.75) is 50.7 Å². The van der Waals surface area contributed by atoms with Gasteiger partial charge in [0.05, 0.1) is 12.7 Å². The van der Waals surface area contributed by atoms with Crippen LogP contribution in [-0.2, 0) is 11.2 Å². The third-order valence-corrected chi connectivity index (χ3v) is 4.37. The maximum atomic E-state index is 5.79. The summed E-state index contributed by atoms with van der Waals surface area (Å²) in [5.41, 5.74) is 5.51. The van der Waals surface area contributed by atoms with Gasteiger partial charge in [-0.15, -0.1) is 0 Å². The molecule has 1 saturated heterocycles. The van der Waals surface area contributed by atoms with E-state index in [1.165, 1.54) is 30.4 Å². The van der Waals surface area contributed by atoms with Crippen molar-refractivity contribution in [2.75, 3.05) is 13.2 Å². The molecule has 4 heteroatoms. The average molecular weight is 276 g/mol. The first-order valence-corrected chi connectivity index (χ1v) is 7.70. The van der Waals surface area contributed by atoms with Crippen LogP contribution in [0.25, 0.3) is 0 Å². The van der Waals surface area contributed by atoms with E-state index in [9.17, 15) is 0 Å². The Kier molecular flexibility index (Phi) is 4.55. The minimum atomic E-state index is 0.200. The molecule has 2 aliphatic heterocycles. The fraction of sp³-hybridized carbons (Fsp3) is 0.625. The maximum absolute atomic E-state index is 5.79. The van der Waals surface area contributed by atoms with E-state index in [0.29, 0.717) is 6.10 Å². The van der Waals surface area contributed by atoms with E-state index in [4.69, 9.17) is 15.3 Å². The molecule has 3 rings (SSSR count). The number of ether oxygens (including phenoxy) is 2. The predicted molar refractivity (Wildman–Crippen MR) is 78.5 cm³/mol. The van der Waals surface area contributed by atoms with E-state index in [1.807, 2.05) is 0 Å². The van der Waals surface area contributed by atoms with Crippen molar-refractivity contribution in [2.24, 2.45) is 5.84 Å². The summed E-state index contributed by atoms with van der Waals surface area (Å²) in [7, 11) is 0. The molecule has 20 heavy (non-hydrogen) atoms. The quantitative estimate of drug-likeness (QED) is 0.641. The Balaban J connectivity index is 1.60. The van der Waals surface area contributed by atoms with Crippen LogP contribution < -0.4 is 16.0 Å². The molecular formula is C16H24N2O2. The van der Waals surface area contributed by atoms with E-state index in [0.717, 1.165) is 38.2 Å². The van der Waals surface area contributed by atoms with Gasteiger partial charge in [-0.1, -0.05) is 12.1 Å². The smallest absolute Gasteiger partial charge is 0.122 e. The number of rotatable bonds is 5. The monoisotopic (exact) mass is 276 g/mol. The Labute approximate surface area is 120 Å². The summed E-state index contributed by atoms with van der Waals surface area (Å²) in [6, 6.07) is 6.62. The summed E-state index contributed by atoms with van der Waals surface area (Å²) in [6.45, 7) is 1.72. The number of nitrogens with two attached hydrogens (primary N) is 1.